The number of carbonyl (C=O) groups is 2. The molecular formula is C7H13N2O3. The molecular weight excluding hydrogens is 160 g/mol. The first-order valence-corrected chi connectivity index (χ1v) is 3.59. The molecule has 5 heteroatoms. The van der Waals surface area contributed by atoms with Gasteiger partial charge in [0.15, 0.2) is 0 Å². The van der Waals surface area contributed by atoms with Crippen molar-refractivity contribution in [2.45, 2.75) is 13.3 Å². The van der Waals surface area contributed by atoms with Crippen molar-refractivity contribution in [1.29, 1.82) is 0 Å². The van der Waals surface area contributed by atoms with Crippen LogP contribution in [-0.2, 0) is 9.59 Å². The van der Waals surface area contributed by atoms with Crippen LogP contribution in [0.25, 0.3) is 0 Å². The van der Waals surface area contributed by atoms with E-state index in [2.05, 4.69) is 0 Å². The summed E-state index contributed by atoms with van der Waals surface area (Å²) in [5, 5.41) is 9.12. The molecule has 3 N–H and O–H groups in total. The molecule has 0 unspecified atom stereocenters. The summed E-state index contributed by atoms with van der Waals surface area (Å²) in [6.45, 7) is 1.79. The minimum Gasteiger partial charge on any atom is -0.369 e. The second-order valence-corrected chi connectivity index (χ2v) is 2.56. The largest absolute Gasteiger partial charge is 0.369 e. The summed E-state index contributed by atoms with van der Waals surface area (Å²) in [5.74, 6) is -0.646. The summed E-state index contributed by atoms with van der Waals surface area (Å²) < 4.78 is 0. The van der Waals surface area contributed by atoms with Gasteiger partial charge in [0.25, 0.3) is 0 Å². The highest BCUT2D eigenvalue weighted by atomic mass is 16.5. The molecule has 5 nitrogen and oxygen atoms in total. The monoisotopic (exact) mass is 173 g/mol. The average Bonchev–Trinajstić information content (AvgIpc) is 2.03. The third-order valence-electron chi connectivity index (χ3n) is 1.44. The van der Waals surface area contributed by atoms with E-state index in [0.717, 1.165) is 0 Å². The summed E-state index contributed by atoms with van der Waals surface area (Å²) in [6, 6.07) is 0. The number of hydrogen-bond acceptors (Lipinski definition) is 3. The predicted molar refractivity (Wildman–Crippen MR) is 41.8 cm³/mol. The Hall–Kier alpha value is -1.10. The summed E-state index contributed by atoms with van der Waals surface area (Å²) in [4.78, 5) is 20.4. The molecule has 0 aromatic heterocycles. The maximum absolute atomic E-state index is 10.5. The Morgan fingerprint density at radius 3 is 2.75 bits per heavy atom. The Balaban J connectivity index is 3.43. The number of amides is 2. The topological polar surface area (TPSA) is 83.6 Å². The molecule has 0 spiro atoms. The normalized spacial score (nSPS) is 12.2. The number of nitrogens with two attached hydrogens (primary N) is 1. The summed E-state index contributed by atoms with van der Waals surface area (Å²) >= 11 is 0. The van der Waals surface area contributed by atoms with Crippen molar-refractivity contribution >= 4 is 12.3 Å². The van der Waals surface area contributed by atoms with E-state index in [1.54, 1.807) is 13.3 Å². The van der Waals surface area contributed by atoms with Gasteiger partial charge in [-0.15, -0.1) is 0 Å². The molecule has 0 rings (SSSR count). The molecule has 2 amide bonds. The fraction of sp³-hybridized carbons (Fsp3) is 0.571. The van der Waals surface area contributed by atoms with Crippen LogP contribution in [0.3, 0.4) is 0 Å². The van der Waals surface area contributed by atoms with Gasteiger partial charge in [-0.1, -0.05) is 6.92 Å². The van der Waals surface area contributed by atoms with Gasteiger partial charge in [0.05, 0.1) is 6.54 Å². The molecule has 0 heterocycles. The number of hydrogen-bond donors (Lipinski definition) is 2. The quantitative estimate of drug-likeness (QED) is 0.324. The first-order chi connectivity index (χ1) is 5.57. The zero-order valence-electron chi connectivity index (χ0n) is 6.93. The third-order valence-corrected chi connectivity index (χ3v) is 1.44. The van der Waals surface area contributed by atoms with E-state index in [-0.39, 0.29) is 18.4 Å². The van der Waals surface area contributed by atoms with Crippen molar-refractivity contribution in [3.8, 4) is 0 Å². The lowest BCUT2D eigenvalue weighted by molar-refractivity contribution is -0.148. The average molecular weight is 173 g/mol. The maximum Gasteiger partial charge on any atom is 0.233 e. The van der Waals surface area contributed by atoms with E-state index in [9.17, 15) is 9.59 Å². The fourth-order valence-corrected chi connectivity index (χ4v) is 0.616. The van der Waals surface area contributed by atoms with Crippen LogP contribution in [-0.4, -0.2) is 29.1 Å². The first kappa shape index (κ1) is 10.9. The van der Waals surface area contributed by atoms with E-state index >= 15 is 0 Å². The molecule has 12 heavy (non-hydrogen) atoms. The SMILES string of the molecule is C[C@H](C[CH]CN(O)C=O)C(N)=O. The summed E-state index contributed by atoms with van der Waals surface area (Å²) in [5.41, 5.74) is 4.98. The number of nitrogens with zero attached hydrogens (tertiary/aromatic N) is 1. The van der Waals surface area contributed by atoms with Crippen LogP contribution < -0.4 is 5.73 Å². The predicted octanol–water partition coefficient (Wildman–Crippen LogP) is -0.450. The zero-order chi connectivity index (χ0) is 9.56. The molecule has 69 valence electrons. The van der Waals surface area contributed by atoms with Gasteiger partial charge in [-0.3, -0.25) is 14.8 Å². The second kappa shape index (κ2) is 5.54. The van der Waals surface area contributed by atoms with Gasteiger partial charge in [0.2, 0.25) is 12.3 Å². The van der Waals surface area contributed by atoms with Gasteiger partial charge in [-0.25, -0.2) is 5.06 Å². The summed E-state index contributed by atoms with van der Waals surface area (Å²) in [7, 11) is 0. The van der Waals surface area contributed by atoms with Crippen LogP contribution >= 0.6 is 0 Å². The first-order valence-electron chi connectivity index (χ1n) is 3.59. The van der Waals surface area contributed by atoms with Gasteiger partial charge in [-0.05, 0) is 12.8 Å². The van der Waals surface area contributed by atoms with Gasteiger partial charge in [0, 0.05) is 5.92 Å². The van der Waals surface area contributed by atoms with Crippen LogP contribution in [0.5, 0.6) is 0 Å². The molecule has 0 aliphatic rings. The minimum absolute atomic E-state index is 0.112. The highest BCUT2D eigenvalue weighted by Gasteiger charge is 2.08. The van der Waals surface area contributed by atoms with Gasteiger partial charge in [-0.2, -0.15) is 0 Å². The van der Waals surface area contributed by atoms with Crippen molar-refractivity contribution < 1.29 is 14.8 Å². The van der Waals surface area contributed by atoms with Crippen molar-refractivity contribution in [3.63, 3.8) is 0 Å². The number of carbonyl (C=O) groups excluding carboxylic acids is 2. The zero-order valence-corrected chi connectivity index (χ0v) is 6.93. The van der Waals surface area contributed by atoms with Crippen LogP contribution in [0, 0.1) is 12.3 Å². The second-order valence-electron chi connectivity index (χ2n) is 2.56. The lowest BCUT2D eigenvalue weighted by Crippen LogP contribution is -2.23. The Morgan fingerprint density at radius 1 is 1.75 bits per heavy atom. The van der Waals surface area contributed by atoms with E-state index in [4.69, 9.17) is 10.9 Å². The van der Waals surface area contributed by atoms with E-state index in [1.807, 2.05) is 0 Å². The number of primary amides is 1. The van der Waals surface area contributed by atoms with Gasteiger partial charge < -0.3 is 5.73 Å². The van der Waals surface area contributed by atoms with Crippen LogP contribution in [0.4, 0.5) is 0 Å². The van der Waals surface area contributed by atoms with E-state index in [0.29, 0.717) is 17.9 Å². The van der Waals surface area contributed by atoms with Crippen molar-refractivity contribution in [3.05, 3.63) is 6.42 Å². The summed E-state index contributed by atoms with van der Waals surface area (Å²) in [6.07, 6.45) is 2.37. The Bertz CT molecular complexity index is 161. The number of rotatable bonds is 6. The molecule has 0 aromatic carbocycles. The smallest absolute Gasteiger partial charge is 0.233 e. The van der Waals surface area contributed by atoms with Crippen molar-refractivity contribution in [1.82, 2.24) is 5.06 Å². The van der Waals surface area contributed by atoms with Gasteiger partial charge >= 0.3 is 0 Å². The molecule has 0 saturated carbocycles. The van der Waals surface area contributed by atoms with Crippen LogP contribution in [0.1, 0.15) is 13.3 Å². The highest BCUT2D eigenvalue weighted by molar-refractivity contribution is 5.76. The lowest BCUT2D eigenvalue weighted by Gasteiger charge is -2.09. The molecule has 1 radical (unpaired) electrons. The third kappa shape index (κ3) is 4.68. The van der Waals surface area contributed by atoms with Crippen molar-refractivity contribution in [2.75, 3.05) is 6.54 Å². The minimum atomic E-state index is -0.387. The van der Waals surface area contributed by atoms with Crippen LogP contribution in [0.15, 0.2) is 0 Å². The fourth-order valence-electron chi connectivity index (χ4n) is 0.616. The maximum atomic E-state index is 10.5. The Morgan fingerprint density at radius 2 is 2.33 bits per heavy atom. The molecule has 0 aliphatic carbocycles. The molecule has 0 saturated heterocycles. The Kier molecular flexibility index (Phi) is 5.03. The van der Waals surface area contributed by atoms with Gasteiger partial charge in [0.1, 0.15) is 0 Å². The molecule has 0 fully saturated rings. The Labute approximate surface area is 71.1 Å². The molecule has 0 bridgehead atoms. The van der Waals surface area contributed by atoms with E-state index in [1.165, 1.54) is 0 Å². The van der Waals surface area contributed by atoms with Crippen molar-refractivity contribution in [2.24, 2.45) is 11.7 Å². The molecule has 0 aromatic rings. The van der Waals surface area contributed by atoms with Crippen LogP contribution in [0.2, 0.25) is 0 Å². The number of hydroxylamine groups is 2. The highest BCUT2D eigenvalue weighted by Crippen LogP contribution is 2.03. The van der Waals surface area contributed by atoms with E-state index < -0.39 is 0 Å². The lowest BCUT2D eigenvalue weighted by atomic mass is 10.1. The molecule has 1 atom stereocenters. The standard InChI is InChI=1S/C7H13N2O3/c1-6(7(8)11)3-2-4-9(12)5-10/h2,5-6,12H,3-4H2,1H3,(H2,8,11)/t6-/m1/s1. The molecule has 0 aliphatic heterocycles.